The SMILES string of the molecule is COc1ccc(Cl)cc1C(C#N)N=NN. The van der Waals surface area contributed by atoms with Crippen LogP contribution in [0.4, 0.5) is 0 Å². The number of ether oxygens (including phenoxy) is 1. The predicted molar refractivity (Wildman–Crippen MR) is 55.4 cm³/mol. The van der Waals surface area contributed by atoms with Crippen LogP contribution in [0.15, 0.2) is 28.5 Å². The topological polar surface area (TPSA) is 83.8 Å². The van der Waals surface area contributed by atoms with E-state index in [-0.39, 0.29) is 0 Å². The monoisotopic (exact) mass is 224 g/mol. The fourth-order valence-corrected chi connectivity index (χ4v) is 1.32. The Labute approximate surface area is 92.1 Å². The molecule has 1 aromatic carbocycles. The first-order valence-electron chi connectivity index (χ1n) is 4.06. The molecule has 1 aromatic rings. The number of benzene rings is 1. The van der Waals surface area contributed by atoms with Gasteiger partial charge in [0.2, 0.25) is 0 Å². The van der Waals surface area contributed by atoms with Gasteiger partial charge in [0, 0.05) is 10.6 Å². The largest absolute Gasteiger partial charge is 0.496 e. The number of hydrogen-bond acceptors (Lipinski definition) is 4. The van der Waals surface area contributed by atoms with Crippen LogP contribution in [0, 0.1) is 11.3 Å². The van der Waals surface area contributed by atoms with Gasteiger partial charge < -0.3 is 10.6 Å². The molecule has 15 heavy (non-hydrogen) atoms. The lowest BCUT2D eigenvalue weighted by molar-refractivity contribution is 0.408. The molecule has 0 aromatic heterocycles. The standard InChI is InChI=1S/C9H9ClN4O/c1-15-9-3-2-6(10)4-7(9)8(5-11)13-14-12/h2-4,8H,1H3,(H2,12,13). The summed E-state index contributed by atoms with van der Waals surface area (Å²) in [6.45, 7) is 0. The quantitative estimate of drug-likeness (QED) is 0.485. The van der Waals surface area contributed by atoms with Crippen molar-refractivity contribution in [1.29, 1.82) is 5.26 Å². The van der Waals surface area contributed by atoms with Gasteiger partial charge in [0.05, 0.1) is 13.2 Å². The molecule has 0 aliphatic heterocycles. The van der Waals surface area contributed by atoms with Gasteiger partial charge >= 0.3 is 0 Å². The predicted octanol–water partition coefficient (Wildman–Crippen LogP) is 2.24. The van der Waals surface area contributed by atoms with E-state index >= 15 is 0 Å². The molecular weight excluding hydrogens is 216 g/mol. The molecule has 0 fully saturated rings. The van der Waals surface area contributed by atoms with Crippen molar-refractivity contribution in [3.05, 3.63) is 28.8 Å². The smallest absolute Gasteiger partial charge is 0.187 e. The van der Waals surface area contributed by atoms with Gasteiger partial charge in [-0.05, 0) is 18.2 Å². The Kier molecular flexibility index (Phi) is 3.89. The first kappa shape index (κ1) is 11.3. The highest BCUT2D eigenvalue weighted by Gasteiger charge is 2.15. The summed E-state index contributed by atoms with van der Waals surface area (Å²) in [6.07, 6.45) is 0. The molecule has 1 rings (SSSR count). The maximum Gasteiger partial charge on any atom is 0.187 e. The third-order valence-corrected chi connectivity index (χ3v) is 2.03. The van der Waals surface area contributed by atoms with Crippen LogP contribution in [0.5, 0.6) is 5.75 Å². The van der Waals surface area contributed by atoms with Crippen molar-refractivity contribution in [3.63, 3.8) is 0 Å². The molecule has 0 bridgehead atoms. The number of nitrogens with two attached hydrogens (primary N) is 1. The summed E-state index contributed by atoms with van der Waals surface area (Å²) < 4.78 is 5.08. The number of nitrogens with zero attached hydrogens (tertiary/aromatic N) is 3. The molecular formula is C9H9ClN4O. The third-order valence-electron chi connectivity index (χ3n) is 1.79. The molecule has 0 aliphatic rings. The average molecular weight is 225 g/mol. The van der Waals surface area contributed by atoms with E-state index in [2.05, 4.69) is 10.3 Å². The lowest BCUT2D eigenvalue weighted by atomic mass is 10.1. The first-order chi connectivity index (χ1) is 7.22. The van der Waals surface area contributed by atoms with Gasteiger partial charge in [0.1, 0.15) is 5.75 Å². The van der Waals surface area contributed by atoms with E-state index in [4.69, 9.17) is 27.4 Å². The molecule has 6 heteroatoms. The van der Waals surface area contributed by atoms with Gasteiger partial charge in [-0.3, -0.25) is 0 Å². The van der Waals surface area contributed by atoms with E-state index in [0.29, 0.717) is 16.3 Å². The molecule has 0 heterocycles. The Hall–Kier alpha value is -1.80. The highest BCUT2D eigenvalue weighted by molar-refractivity contribution is 6.30. The van der Waals surface area contributed by atoms with Gasteiger partial charge in [-0.2, -0.15) is 5.26 Å². The van der Waals surface area contributed by atoms with E-state index in [1.807, 2.05) is 6.07 Å². The molecule has 5 nitrogen and oxygen atoms in total. The van der Waals surface area contributed by atoms with Crippen LogP contribution in [-0.2, 0) is 0 Å². The summed E-state index contributed by atoms with van der Waals surface area (Å²) in [4.78, 5) is 0. The first-order valence-corrected chi connectivity index (χ1v) is 4.43. The lowest BCUT2D eigenvalue weighted by Crippen LogP contribution is -1.97. The molecule has 0 saturated heterocycles. The fraction of sp³-hybridized carbons (Fsp3) is 0.222. The maximum atomic E-state index is 8.86. The Morgan fingerprint density at radius 2 is 2.33 bits per heavy atom. The second-order valence-electron chi connectivity index (χ2n) is 2.65. The Bertz CT molecular complexity index is 413. The molecule has 0 saturated carbocycles. The van der Waals surface area contributed by atoms with Gasteiger partial charge in [-0.15, -0.1) is 5.11 Å². The van der Waals surface area contributed by atoms with E-state index in [9.17, 15) is 0 Å². The van der Waals surface area contributed by atoms with Crippen LogP contribution < -0.4 is 10.6 Å². The molecule has 0 spiro atoms. The molecule has 78 valence electrons. The van der Waals surface area contributed by atoms with E-state index in [0.717, 1.165) is 0 Å². The van der Waals surface area contributed by atoms with Crippen molar-refractivity contribution in [1.82, 2.24) is 0 Å². The van der Waals surface area contributed by atoms with Gasteiger partial charge in [-0.1, -0.05) is 16.8 Å². The van der Waals surface area contributed by atoms with E-state index in [1.165, 1.54) is 7.11 Å². The summed E-state index contributed by atoms with van der Waals surface area (Å²) >= 11 is 5.81. The third kappa shape index (κ3) is 2.58. The van der Waals surface area contributed by atoms with Crippen LogP contribution in [-0.4, -0.2) is 7.11 Å². The zero-order valence-corrected chi connectivity index (χ0v) is 8.77. The number of rotatable bonds is 3. The minimum atomic E-state index is -0.802. The highest BCUT2D eigenvalue weighted by atomic mass is 35.5. The Morgan fingerprint density at radius 3 is 2.87 bits per heavy atom. The maximum absolute atomic E-state index is 8.86. The van der Waals surface area contributed by atoms with E-state index < -0.39 is 6.04 Å². The second-order valence-corrected chi connectivity index (χ2v) is 3.09. The molecule has 0 radical (unpaired) electrons. The zero-order valence-electron chi connectivity index (χ0n) is 8.01. The second kappa shape index (κ2) is 5.17. The van der Waals surface area contributed by atoms with Crippen LogP contribution in [0.2, 0.25) is 5.02 Å². The summed E-state index contributed by atoms with van der Waals surface area (Å²) in [7, 11) is 1.50. The summed E-state index contributed by atoms with van der Waals surface area (Å²) in [5.41, 5.74) is 0.543. The number of nitriles is 1. The normalized spacial score (nSPS) is 12.3. The number of halogens is 1. The summed E-state index contributed by atoms with van der Waals surface area (Å²) in [6, 6.07) is 6.07. The van der Waals surface area contributed by atoms with Crippen LogP contribution in [0.1, 0.15) is 11.6 Å². The van der Waals surface area contributed by atoms with Gasteiger partial charge in [-0.25, -0.2) is 0 Å². The molecule has 2 N–H and O–H groups in total. The van der Waals surface area contributed by atoms with Crippen LogP contribution in [0.25, 0.3) is 0 Å². The molecule has 1 atom stereocenters. The van der Waals surface area contributed by atoms with Crippen molar-refractivity contribution >= 4 is 11.6 Å². The van der Waals surface area contributed by atoms with E-state index in [1.54, 1.807) is 18.2 Å². The molecule has 1 unspecified atom stereocenters. The molecule has 0 amide bonds. The van der Waals surface area contributed by atoms with Crippen molar-refractivity contribution in [3.8, 4) is 11.8 Å². The van der Waals surface area contributed by atoms with Gasteiger partial charge in [0.25, 0.3) is 0 Å². The fourth-order valence-electron chi connectivity index (χ4n) is 1.14. The Morgan fingerprint density at radius 1 is 1.60 bits per heavy atom. The number of methoxy groups -OCH3 is 1. The van der Waals surface area contributed by atoms with Crippen molar-refractivity contribution < 1.29 is 4.74 Å². The Balaban J connectivity index is 3.21. The zero-order chi connectivity index (χ0) is 11.3. The lowest BCUT2D eigenvalue weighted by Gasteiger charge is -2.09. The summed E-state index contributed by atoms with van der Waals surface area (Å²) in [5.74, 6) is 5.43. The average Bonchev–Trinajstić information content (AvgIpc) is 2.26. The minimum absolute atomic E-state index is 0.498. The van der Waals surface area contributed by atoms with Crippen molar-refractivity contribution in [2.24, 2.45) is 16.2 Å². The van der Waals surface area contributed by atoms with Crippen molar-refractivity contribution in [2.75, 3.05) is 7.11 Å². The van der Waals surface area contributed by atoms with Gasteiger partial charge in [0.15, 0.2) is 6.04 Å². The van der Waals surface area contributed by atoms with Crippen LogP contribution in [0.3, 0.4) is 0 Å². The summed E-state index contributed by atoms with van der Waals surface area (Å²) in [5, 5.41) is 16.0. The molecule has 0 aliphatic carbocycles. The minimum Gasteiger partial charge on any atom is -0.496 e. The van der Waals surface area contributed by atoms with Crippen LogP contribution >= 0.6 is 11.6 Å². The van der Waals surface area contributed by atoms with Crippen molar-refractivity contribution in [2.45, 2.75) is 6.04 Å². The highest BCUT2D eigenvalue weighted by Crippen LogP contribution is 2.30. The number of hydrogen-bond donors (Lipinski definition) is 1.